The quantitative estimate of drug-likeness (QED) is 0.355. The Labute approximate surface area is 76.4 Å². The third-order valence-electron chi connectivity index (χ3n) is 1.04. The Morgan fingerprint density at radius 2 is 2.08 bits per heavy atom. The van der Waals surface area contributed by atoms with Gasteiger partial charge in [-0.05, 0) is 19.9 Å². The number of hydrogen-bond acceptors (Lipinski definition) is 4. The monoisotopic (exact) mass is 187 g/mol. The number of ether oxygens (including phenoxy) is 1. The fourth-order valence-corrected chi connectivity index (χ4v) is 0.549. The van der Waals surface area contributed by atoms with Crippen molar-refractivity contribution in [1.29, 1.82) is 0 Å². The van der Waals surface area contributed by atoms with E-state index in [-0.39, 0.29) is 6.10 Å². The predicted molar refractivity (Wildman–Crippen MR) is 45.6 cm³/mol. The van der Waals surface area contributed by atoms with Crippen LogP contribution < -0.4 is 5.32 Å². The van der Waals surface area contributed by atoms with Crippen LogP contribution in [0, 0.1) is 0 Å². The minimum atomic E-state index is -1.63. The van der Waals surface area contributed by atoms with Gasteiger partial charge in [0.2, 0.25) is 12.1 Å². The minimum absolute atomic E-state index is 0.331. The molecule has 1 unspecified atom stereocenters. The van der Waals surface area contributed by atoms with Crippen molar-refractivity contribution < 1.29 is 19.4 Å². The van der Waals surface area contributed by atoms with Crippen molar-refractivity contribution in [3.05, 3.63) is 12.7 Å². The summed E-state index contributed by atoms with van der Waals surface area (Å²) in [5.41, 5.74) is 0. The number of nitrogens with one attached hydrogen (secondary N) is 1. The summed E-state index contributed by atoms with van der Waals surface area (Å²) in [5.74, 6) is -1.52. The van der Waals surface area contributed by atoms with Crippen LogP contribution in [-0.2, 0) is 14.3 Å². The highest BCUT2D eigenvalue weighted by Gasteiger charge is 2.18. The number of carbonyl (C=O) groups is 2. The Morgan fingerprint density at radius 1 is 1.54 bits per heavy atom. The first-order chi connectivity index (χ1) is 5.97. The van der Waals surface area contributed by atoms with Crippen LogP contribution >= 0.6 is 0 Å². The standard InChI is InChI=1S/C8H13NO4/c1-4-6(10)9-7(11)8(12)13-5(2)3/h4-5,7,11H,1H2,2-3H3,(H,9,10). The lowest BCUT2D eigenvalue weighted by atomic mass is 10.4. The van der Waals surface area contributed by atoms with Crippen molar-refractivity contribution in [1.82, 2.24) is 5.32 Å². The van der Waals surface area contributed by atoms with Crippen LogP contribution in [0.3, 0.4) is 0 Å². The number of carbonyl (C=O) groups excluding carboxylic acids is 2. The summed E-state index contributed by atoms with van der Waals surface area (Å²) in [6.07, 6.45) is -1.01. The smallest absolute Gasteiger partial charge is 0.356 e. The van der Waals surface area contributed by atoms with Gasteiger partial charge in [-0.3, -0.25) is 4.79 Å². The summed E-state index contributed by atoms with van der Waals surface area (Å²) in [6, 6.07) is 0. The Kier molecular flexibility index (Phi) is 4.76. The van der Waals surface area contributed by atoms with Gasteiger partial charge in [-0.25, -0.2) is 4.79 Å². The highest BCUT2D eigenvalue weighted by Crippen LogP contribution is 1.92. The second-order valence-corrected chi connectivity index (χ2v) is 2.60. The molecular formula is C8H13NO4. The molecule has 0 aliphatic carbocycles. The summed E-state index contributed by atoms with van der Waals surface area (Å²) >= 11 is 0. The Morgan fingerprint density at radius 3 is 2.46 bits per heavy atom. The highest BCUT2D eigenvalue weighted by molar-refractivity contribution is 5.90. The zero-order chi connectivity index (χ0) is 10.4. The molecular weight excluding hydrogens is 174 g/mol. The van der Waals surface area contributed by atoms with E-state index in [4.69, 9.17) is 5.11 Å². The first kappa shape index (κ1) is 11.6. The molecule has 0 radical (unpaired) electrons. The van der Waals surface area contributed by atoms with Gasteiger partial charge >= 0.3 is 5.97 Å². The van der Waals surface area contributed by atoms with Crippen molar-refractivity contribution >= 4 is 11.9 Å². The molecule has 0 saturated carbocycles. The number of aliphatic hydroxyl groups is 1. The maximum absolute atomic E-state index is 10.9. The fourth-order valence-electron chi connectivity index (χ4n) is 0.549. The molecule has 0 aliphatic rings. The van der Waals surface area contributed by atoms with Crippen LogP contribution in [0.2, 0.25) is 0 Å². The second kappa shape index (κ2) is 5.31. The van der Waals surface area contributed by atoms with Gasteiger partial charge in [-0.15, -0.1) is 0 Å². The Balaban J connectivity index is 3.96. The van der Waals surface area contributed by atoms with E-state index in [0.29, 0.717) is 0 Å². The molecule has 0 aromatic carbocycles. The predicted octanol–water partition coefficient (Wildman–Crippen LogP) is -0.441. The Bertz CT molecular complexity index is 212. The molecule has 0 aliphatic heterocycles. The molecule has 1 amide bonds. The molecule has 0 spiro atoms. The van der Waals surface area contributed by atoms with E-state index in [1.807, 2.05) is 5.32 Å². The average Bonchev–Trinajstić information content (AvgIpc) is 2.02. The molecule has 0 fully saturated rings. The third kappa shape index (κ3) is 4.97. The number of hydrogen-bond donors (Lipinski definition) is 2. The average molecular weight is 187 g/mol. The van der Waals surface area contributed by atoms with E-state index in [1.165, 1.54) is 0 Å². The van der Waals surface area contributed by atoms with E-state index in [2.05, 4.69) is 11.3 Å². The van der Waals surface area contributed by atoms with Crippen LogP contribution in [0.5, 0.6) is 0 Å². The summed E-state index contributed by atoms with van der Waals surface area (Å²) < 4.78 is 4.62. The normalized spacial score (nSPS) is 12.0. The minimum Gasteiger partial charge on any atom is -0.460 e. The van der Waals surface area contributed by atoms with E-state index in [1.54, 1.807) is 13.8 Å². The van der Waals surface area contributed by atoms with E-state index in [0.717, 1.165) is 6.08 Å². The lowest BCUT2D eigenvalue weighted by molar-refractivity contribution is -0.160. The second-order valence-electron chi connectivity index (χ2n) is 2.60. The largest absolute Gasteiger partial charge is 0.460 e. The van der Waals surface area contributed by atoms with Crippen LogP contribution in [0.4, 0.5) is 0 Å². The summed E-state index contributed by atoms with van der Waals surface area (Å²) in [7, 11) is 0. The van der Waals surface area contributed by atoms with Crippen LogP contribution in [-0.4, -0.2) is 29.3 Å². The lowest BCUT2D eigenvalue weighted by Crippen LogP contribution is -2.41. The number of rotatable bonds is 4. The first-order valence-corrected chi connectivity index (χ1v) is 3.79. The van der Waals surface area contributed by atoms with Gasteiger partial charge in [-0.2, -0.15) is 0 Å². The van der Waals surface area contributed by atoms with Crippen LogP contribution in [0.1, 0.15) is 13.8 Å². The molecule has 0 rings (SSSR count). The van der Waals surface area contributed by atoms with Gasteiger partial charge in [0.25, 0.3) is 0 Å². The highest BCUT2D eigenvalue weighted by atomic mass is 16.6. The van der Waals surface area contributed by atoms with Crippen LogP contribution in [0.25, 0.3) is 0 Å². The number of esters is 1. The molecule has 13 heavy (non-hydrogen) atoms. The van der Waals surface area contributed by atoms with E-state index in [9.17, 15) is 9.59 Å². The topological polar surface area (TPSA) is 75.6 Å². The van der Waals surface area contributed by atoms with Gasteiger partial charge in [0, 0.05) is 0 Å². The van der Waals surface area contributed by atoms with Gasteiger partial charge in [0.05, 0.1) is 6.10 Å². The zero-order valence-corrected chi connectivity index (χ0v) is 7.61. The maximum atomic E-state index is 10.9. The van der Waals surface area contributed by atoms with E-state index >= 15 is 0 Å². The van der Waals surface area contributed by atoms with E-state index < -0.39 is 18.1 Å². The molecule has 0 bridgehead atoms. The van der Waals surface area contributed by atoms with Crippen molar-refractivity contribution in [3.63, 3.8) is 0 Å². The number of aliphatic hydroxyl groups excluding tert-OH is 1. The third-order valence-corrected chi connectivity index (χ3v) is 1.04. The summed E-state index contributed by atoms with van der Waals surface area (Å²) in [4.78, 5) is 21.5. The lowest BCUT2D eigenvalue weighted by Gasteiger charge is -2.12. The molecule has 1 atom stereocenters. The van der Waals surface area contributed by atoms with Crippen molar-refractivity contribution in [2.75, 3.05) is 0 Å². The van der Waals surface area contributed by atoms with Crippen molar-refractivity contribution in [3.8, 4) is 0 Å². The molecule has 5 nitrogen and oxygen atoms in total. The SMILES string of the molecule is C=CC(=O)NC(O)C(=O)OC(C)C. The number of amides is 1. The molecule has 5 heteroatoms. The van der Waals surface area contributed by atoms with Gasteiger partial charge in [-0.1, -0.05) is 6.58 Å². The summed E-state index contributed by atoms with van der Waals surface area (Å²) in [6.45, 7) is 6.44. The zero-order valence-electron chi connectivity index (χ0n) is 7.61. The van der Waals surface area contributed by atoms with Crippen LogP contribution in [0.15, 0.2) is 12.7 Å². The first-order valence-electron chi connectivity index (χ1n) is 3.79. The fraction of sp³-hybridized carbons (Fsp3) is 0.500. The molecule has 0 aromatic rings. The Hall–Kier alpha value is -1.36. The molecule has 0 heterocycles. The van der Waals surface area contributed by atoms with Gasteiger partial charge in [0.1, 0.15) is 0 Å². The molecule has 74 valence electrons. The van der Waals surface area contributed by atoms with Crippen molar-refractivity contribution in [2.24, 2.45) is 0 Å². The molecule has 0 saturated heterocycles. The summed E-state index contributed by atoms with van der Waals surface area (Å²) in [5, 5.41) is 11.0. The molecule has 0 aromatic heterocycles. The maximum Gasteiger partial charge on any atom is 0.356 e. The van der Waals surface area contributed by atoms with Gasteiger partial charge < -0.3 is 15.2 Å². The van der Waals surface area contributed by atoms with Crippen molar-refractivity contribution in [2.45, 2.75) is 26.2 Å². The molecule has 2 N–H and O–H groups in total. The van der Waals surface area contributed by atoms with Gasteiger partial charge in [0.15, 0.2) is 0 Å².